The van der Waals surface area contributed by atoms with E-state index in [9.17, 15) is 9.59 Å². The molecule has 3 rings (SSSR count). The number of amides is 2. The van der Waals surface area contributed by atoms with Crippen LogP contribution in [0.2, 0.25) is 5.02 Å². The second-order valence-corrected chi connectivity index (χ2v) is 9.92. The fraction of sp³-hybridized carbons (Fsp3) is 0.400. The van der Waals surface area contributed by atoms with Gasteiger partial charge >= 0.3 is 0 Å². The number of rotatable bonds is 12. The van der Waals surface area contributed by atoms with Crippen LogP contribution in [0.5, 0.6) is 0 Å². The largest absolute Gasteiger partial charge is 0.345 e. The first-order valence-electron chi connectivity index (χ1n) is 12.9. The summed E-state index contributed by atoms with van der Waals surface area (Å²) in [5.41, 5.74) is 4.09. The first kappa shape index (κ1) is 27.5. The molecular formula is C30H38ClN3O2. The Balaban J connectivity index is 1.78. The van der Waals surface area contributed by atoms with Gasteiger partial charge in [0.1, 0.15) is 6.54 Å². The van der Waals surface area contributed by atoms with Crippen molar-refractivity contribution in [2.45, 2.75) is 66.1 Å². The Morgan fingerprint density at radius 3 is 2.44 bits per heavy atom. The monoisotopic (exact) mass is 507 g/mol. The van der Waals surface area contributed by atoms with Gasteiger partial charge in [-0.2, -0.15) is 0 Å². The van der Waals surface area contributed by atoms with E-state index in [2.05, 4.69) is 54.9 Å². The summed E-state index contributed by atoms with van der Waals surface area (Å²) in [6.07, 6.45) is 4.74. The lowest BCUT2D eigenvalue weighted by Crippen LogP contribution is -2.46. The molecule has 0 saturated heterocycles. The summed E-state index contributed by atoms with van der Waals surface area (Å²) in [7, 11) is 0. The van der Waals surface area contributed by atoms with E-state index in [1.165, 1.54) is 11.1 Å². The molecule has 3 aromatic rings. The van der Waals surface area contributed by atoms with E-state index in [-0.39, 0.29) is 24.4 Å². The Kier molecular flexibility index (Phi) is 10.2. The van der Waals surface area contributed by atoms with Crippen molar-refractivity contribution in [2.24, 2.45) is 0 Å². The van der Waals surface area contributed by atoms with Gasteiger partial charge in [-0.1, -0.05) is 61.7 Å². The SMILES string of the molecule is CCCCN(Cc1cccn1Cc1cccc(C)c1)C(=O)CN(C(=O)c1ccc(Cl)cc1)C(C)CC. The van der Waals surface area contributed by atoms with Crippen LogP contribution in [0.4, 0.5) is 0 Å². The summed E-state index contributed by atoms with van der Waals surface area (Å²) in [5.74, 6) is -0.179. The van der Waals surface area contributed by atoms with Crippen LogP contribution in [-0.4, -0.2) is 45.3 Å². The van der Waals surface area contributed by atoms with E-state index in [0.29, 0.717) is 23.7 Å². The van der Waals surface area contributed by atoms with Crippen molar-refractivity contribution in [1.82, 2.24) is 14.4 Å². The van der Waals surface area contributed by atoms with E-state index in [4.69, 9.17) is 11.6 Å². The molecule has 0 aliphatic heterocycles. The maximum absolute atomic E-state index is 13.6. The molecule has 0 saturated carbocycles. The standard InChI is InChI=1S/C30H38ClN3O2/c1-5-7-17-33(21-28-12-9-18-32(28)20-25-11-8-10-23(3)19-25)29(35)22-34(24(4)6-2)30(36)26-13-15-27(31)16-14-26/h8-16,18-19,24H,5-7,17,20-22H2,1-4H3. The maximum atomic E-state index is 13.6. The van der Waals surface area contributed by atoms with Crippen molar-refractivity contribution in [2.75, 3.05) is 13.1 Å². The van der Waals surface area contributed by atoms with Crippen molar-refractivity contribution in [1.29, 1.82) is 0 Å². The van der Waals surface area contributed by atoms with Gasteiger partial charge in [-0.15, -0.1) is 0 Å². The van der Waals surface area contributed by atoms with E-state index in [1.807, 2.05) is 24.8 Å². The first-order valence-corrected chi connectivity index (χ1v) is 13.2. The lowest BCUT2D eigenvalue weighted by atomic mass is 10.1. The molecule has 0 spiro atoms. The molecule has 1 aromatic heterocycles. The number of hydrogen-bond acceptors (Lipinski definition) is 2. The maximum Gasteiger partial charge on any atom is 0.254 e. The fourth-order valence-corrected chi connectivity index (χ4v) is 4.37. The van der Waals surface area contributed by atoms with Crippen LogP contribution in [-0.2, 0) is 17.9 Å². The van der Waals surface area contributed by atoms with Crippen LogP contribution < -0.4 is 0 Å². The minimum Gasteiger partial charge on any atom is -0.345 e. The van der Waals surface area contributed by atoms with Crippen molar-refractivity contribution in [3.05, 3.63) is 94.3 Å². The molecule has 0 aliphatic rings. The summed E-state index contributed by atoms with van der Waals surface area (Å²) in [6.45, 7) is 10.2. The quantitative estimate of drug-likeness (QED) is 0.278. The van der Waals surface area contributed by atoms with Gasteiger partial charge < -0.3 is 14.4 Å². The molecule has 0 N–H and O–H groups in total. The number of benzene rings is 2. The van der Waals surface area contributed by atoms with E-state index in [1.54, 1.807) is 29.2 Å². The van der Waals surface area contributed by atoms with Crippen LogP contribution in [0.15, 0.2) is 66.9 Å². The van der Waals surface area contributed by atoms with Gasteiger partial charge in [0, 0.05) is 41.6 Å². The van der Waals surface area contributed by atoms with Crippen LogP contribution in [0, 0.1) is 6.92 Å². The summed E-state index contributed by atoms with van der Waals surface area (Å²) < 4.78 is 2.20. The summed E-state index contributed by atoms with van der Waals surface area (Å²) in [6, 6.07) is 19.4. The number of aryl methyl sites for hydroxylation is 1. The molecular weight excluding hydrogens is 470 g/mol. The predicted molar refractivity (Wildman–Crippen MR) is 147 cm³/mol. The third-order valence-corrected chi connectivity index (χ3v) is 6.88. The van der Waals surface area contributed by atoms with E-state index >= 15 is 0 Å². The molecule has 0 bridgehead atoms. The van der Waals surface area contributed by atoms with Crippen LogP contribution in [0.3, 0.4) is 0 Å². The van der Waals surface area contributed by atoms with Gasteiger partial charge in [-0.3, -0.25) is 9.59 Å². The Labute approximate surface area is 220 Å². The highest BCUT2D eigenvalue weighted by Gasteiger charge is 2.26. The smallest absolute Gasteiger partial charge is 0.254 e. The zero-order valence-corrected chi connectivity index (χ0v) is 22.7. The molecule has 0 fully saturated rings. The second kappa shape index (κ2) is 13.3. The van der Waals surface area contributed by atoms with Crippen molar-refractivity contribution < 1.29 is 9.59 Å². The van der Waals surface area contributed by atoms with Crippen LogP contribution in [0.25, 0.3) is 0 Å². The lowest BCUT2D eigenvalue weighted by molar-refractivity contribution is -0.133. The molecule has 1 atom stereocenters. The third-order valence-electron chi connectivity index (χ3n) is 6.63. The number of carbonyl (C=O) groups is 2. The number of nitrogens with zero attached hydrogens (tertiary/aromatic N) is 3. The molecule has 2 amide bonds. The van der Waals surface area contributed by atoms with Crippen LogP contribution >= 0.6 is 11.6 Å². The molecule has 1 unspecified atom stereocenters. The Hall–Kier alpha value is -3.05. The van der Waals surface area contributed by atoms with Crippen molar-refractivity contribution >= 4 is 23.4 Å². The summed E-state index contributed by atoms with van der Waals surface area (Å²) in [5, 5.41) is 0.581. The van der Waals surface area contributed by atoms with Gasteiger partial charge in [-0.25, -0.2) is 0 Å². The van der Waals surface area contributed by atoms with Crippen molar-refractivity contribution in [3.63, 3.8) is 0 Å². The number of hydrogen-bond donors (Lipinski definition) is 0. The molecule has 6 heteroatoms. The molecule has 36 heavy (non-hydrogen) atoms. The predicted octanol–water partition coefficient (Wildman–Crippen LogP) is 6.57. The van der Waals surface area contributed by atoms with E-state index in [0.717, 1.165) is 31.5 Å². The van der Waals surface area contributed by atoms with Gasteiger partial charge in [0.25, 0.3) is 5.91 Å². The minimum absolute atomic E-state index is 0.0330. The van der Waals surface area contributed by atoms with Gasteiger partial charge in [0.05, 0.1) is 6.54 Å². The van der Waals surface area contributed by atoms with Gasteiger partial charge in [-0.05, 0) is 68.7 Å². The fourth-order valence-electron chi connectivity index (χ4n) is 4.24. The number of halogens is 1. The molecule has 1 heterocycles. The first-order chi connectivity index (χ1) is 17.3. The normalized spacial score (nSPS) is 11.8. The Morgan fingerprint density at radius 2 is 1.78 bits per heavy atom. The highest BCUT2D eigenvalue weighted by Crippen LogP contribution is 2.17. The minimum atomic E-state index is -0.146. The molecule has 0 aliphatic carbocycles. The number of aromatic nitrogens is 1. The number of carbonyl (C=O) groups excluding carboxylic acids is 2. The lowest BCUT2D eigenvalue weighted by Gasteiger charge is -2.31. The Bertz CT molecular complexity index is 1140. The number of unbranched alkanes of at least 4 members (excludes halogenated alkanes) is 1. The van der Waals surface area contributed by atoms with Crippen LogP contribution in [0.1, 0.15) is 67.2 Å². The van der Waals surface area contributed by atoms with Gasteiger partial charge in [0.2, 0.25) is 5.91 Å². The highest BCUT2D eigenvalue weighted by molar-refractivity contribution is 6.30. The average molecular weight is 508 g/mol. The summed E-state index contributed by atoms with van der Waals surface area (Å²) >= 11 is 6.01. The third kappa shape index (κ3) is 7.47. The zero-order valence-electron chi connectivity index (χ0n) is 21.9. The topological polar surface area (TPSA) is 45.6 Å². The molecule has 0 radical (unpaired) electrons. The average Bonchev–Trinajstić information content (AvgIpc) is 3.30. The molecule has 192 valence electrons. The molecule has 2 aromatic carbocycles. The molecule has 5 nitrogen and oxygen atoms in total. The summed E-state index contributed by atoms with van der Waals surface area (Å²) in [4.78, 5) is 30.5. The van der Waals surface area contributed by atoms with Gasteiger partial charge in [0.15, 0.2) is 0 Å². The highest BCUT2D eigenvalue weighted by atomic mass is 35.5. The zero-order chi connectivity index (χ0) is 26.1. The second-order valence-electron chi connectivity index (χ2n) is 9.48. The van der Waals surface area contributed by atoms with E-state index < -0.39 is 0 Å². The van der Waals surface area contributed by atoms with Crippen molar-refractivity contribution in [3.8, 4) is 0 Å². The Morgan fingerprint density at radius 1 is 1.03 bits per heavy atom.